The molecular weight excluding hydrogens is 352 g/mol. The third-order valence-electron chi connectivity index (χ3n) is 9.17. The van der Waals surface area contributed by atoms with Gasteiger partial charge in [-0.25, -0.2) is 0 Å². The van der Waals surface area contributed by atoms with E-state index in [0.717, 1.165) is 38.7 Å². The topological polar surface area (TPSA) is 73.9 Å². The van der Waals surface area contributed by atoms with E-state index in [9.17, 15) is 4.79 Å². The Bertz CT molecular complexity index is 635. The standard InChI is InChI=1S/C23H38N2O3/c1-22-8-6-17(25-28-11-10-24)13-16(22)12-15(14-27-3)21-18-4-5-20(26)23(18,2)9-7-19(21)22/h15-16,18-19,21H,4-14,24H2,1-3H3/t15?,16?,18-,19+,21-,22-,23-/m0/s1. The summed E-state index contributed by atoms with van der Waals surface area (Å²) in [6, 6.07) is 0. The molecule has 4 aliphatic rings. The molecule has 5 heteroatoms. The van der Waals surface area contributed by atoms with Crippen molar-refractivity contribution in [2.75, 3.05) is 26.9 Å². The van der Waals surface area contributed by atoms with Crippen LogP contribution in [0.3, 0.4) is 0 Å². The maximum Gasteiger partial charge on any atom is 0.139 e. The Kier molecular flexibility index (Phi) is 5.60. The van der Waals surface area contributed by atoms with E-state index < -0.39 is 0 Å². The molecule has 0 spiro atoms. The summed E-state index contributed by atoms with van der Waals surface area (Å²) in [5.41, 5.74) is 7.02. The highest BCUT2D eigenvalue weighted by Gasteiger charge is 2.62. The van der Waals surface area contributed by atoms with E-state index >= 15 is 0 Å². The number of carbonyl (C=O) groups is 1. The fourth-order valence-corrected chi connectivity index (χ4v) is 7.66. The molecule has 0 aromatic carbocycles. The van der Waals surface area contributed by atoms with Crippen LogP contribution in [-0.4, -0.2) is 38.4 Å². The minimum absolute atomic E-state index is 0.0757. The van der Waals surface area contributed by atoms with Gasteiger partial charge in [0.1, 0.15) is 12.4 Å². The zero-order valence-electron chi connectivity index (χ0n) is 17.9. The second-order valence-electron chi connectivity index (χ2n) is 10.3. The number of oxime groups is 1. The lowest BCUT2D eigenvalue weighted by atomic mass is 9.43. The van der Waals surface area contributed by atoms with Gasteiger partial charge in [0.2, 0.25) is 0 Å². The highest BCUT2D eigenvalue weighted by atomic mass is 16.6. The minimum Gasteiger partial charge on any atom is -0.395 e. The molecule has 158 valence electrons. The van der Waals surface area contributed by atoms with E-state index in [-0.39, 0.29) is 5.41 Å². The SMILES string of the molecule is COCC1CC2CC(=NOCCN)CC[C@]2(C)[C@@H]2CC[C@]3(C)C(=O)CC[C@H]3[C@H]12. The fourth-order valence-electron chi connectivity index (χ4n) is 7.66. The smallest absolute Gasteiger partial charge is 0.139 e. The van der Waals surface area contributed by atoms with Gasteiger partial charge >= 0.3 is 0 Å². The van der Waals surface area contributed by atoms with Gasteiger partial charge in [-0.2, -0.15) is 0 Å². The molecule has 0 aromatic rings. The van der Waals surface area contributed by atoms with Crippen LogP contribution < -0.4 is 5.73 Å². The Morgan fingerprint density at radius 1 is 1.18 bits per heavy atom. The number of carbonyl (C=O) groups excluding carboxylic acids is 1. The van der Waals surface area contributed by atoms with Crippen LogP contribution in [0.2, 0.25) is 0 Å². The minimum atomic E-state index is -0.0757. The number of hydrogen-bond acceptors (Lipinski definition) is 5. The molecule has 0 aliphatic heterocycles. The Morgan fingerprint density at radius 2 is 2.00 bits per heavy atom. The van der Waals surface area contributed by atoms with E-state index in [1.807, 2.05) is 7.11 Å². The number of Topliss-reactive ketones (excluding diaryl/α,β-unsaturated/α-hetero) is 1. The fraction of sp³-hybridized carbons (Fsp3) is 0.913. The Hall–Kier alpha value is -0.940. The van der Waals surface area contributed by atoms with Crippen molar-refractivity contribution in [3.63, 3.8) is 0 Å². The van der Waals surface area contributed by atoms with Crippen LogP contribution in [0.1, 0.15) is 65.2 Å². The van der Waals surface area contributed by atoms with Crippen molar-refractivity contribution in [1.29, 1.82) is 0 Å². The normalized spacial score (nSPS) is 46.8. The number of methoxy groups -OCH3 is 1. The molecule has 28 heavy (non-hydrogen) atoms. The van der Waals surface area contributed by atoms with Gasteiger partial charge in [0.25, 0.3) is 0 Å². The predicted molar refractivity (Wildman–Crippen MR) is 110 cm³/mol. The monoisotopic (exact) mass is 390 g/mol. The van der Waals surface area contributed by atoms with Gasteiger partial charge in [-0.15, -0.1) is 0 Å². The number of rotatable bonds is 5. The molecule has 4 saturated carbocycles. The first kappa shape index (κ1) is 20.3. The van der Waals surface area contributed by atoms with Gasteiger partial charge in [0.05, 0.1) is 5.71 Å². The first-order valence-electron chi connectivity index (χ1n) is 11.3. The highest BCUT2D eigenvalue weighted by Crippen LogP contribution is 2.66. The van der Waals surface area contributed by atoms with Crippen LogP contribution in [0.15, 0.2) is 5.16 Å². The van der Waals surface area contributed by atoms with Crippen LogP contribution in [0.4, 0.5) is 0 Å². The molecule has 0 radical (unpaired) electrons. The molecular formula is C23H38N2O3. The van der Waals surface area contributed by atoms with Crippen molar-refractivity contribution in [1.82, 2.24) is 0 Å². The molecule has 2 N–H and O–H groups in total. The average molecular weight is 391 g/mol. The quantitative estimate of drug-likeness (QED) is 0.572. The summed E-state index contributed by atoms with van der Waals surface area (Å²) in [7, 11) is 1.83. The van der Waals surface area contributed by atoms with Gasteiger partial charge in [0.15, 0.2) is 0 Å². The first-order valence-corrected chi connectivity index (χ1v) is 11.3. The molecule has 4 aliphatic carbocycles. The van der Waals surface area contributed by atoms with Crippen LogP contribution in [-0.2, 0) is 14.4 Å². The molecule has 4 fully saturated rings. The van der Waals surface area contributed by atoms with Crippen molar-refractivity contribution in [2.24, 2.45) is 51.3 Å². The predicted octanol–water partition coefficient (Wildman–Crippen LogP) is 3.80. The summed E-state index contributed by atoms with van der Waals surface area (Å²) in [4.78, 5) is 18.1. The average Bonchev–Trinajstić information content (AvgIpc) is 2.98. The van der Waals surface area contributed by atoms with Crippen LogP contribution >= 0.6 is 0 Å². The second kappa shape index (κ2) is 7.71. The lowest BCUT2D eigenvalue weighted by Gasteiger charge is -2.62. The van der Waals surface area contributed by atoms with Crippen LogP contribution in [0, 0.1) is 40.4 Å². The molecule has 0 bridgehead atoms. The zero-order chi connectivity index (χ0) is 19.9. The number of fused-ring (bicyclic) bond motifs is 5. The maximum atomic E-state index is 12.7. The lowest BCUT2D eigenvalue weighted by Crippen LogP contribution is -2.57. The third kappa shape index (κ3) is 3.13. The van der Waals surface area contributed by atoms with Crippen LogP contribution in [0.25, 0.3) is 0 Å². The van der Waals surface area contributed by atoms with Gasteiger partial charge in [0, 0.05) is 32.1 Å². The zero-order valence-corrected chi connectivity index (χ0v) is 17.9. The molecule has 7 atom stereocenters. The second-order valence-corrected chi connectivity index (χ2v) is 10.3. The van der Waals surface area contributed by atoms with E-state index in [0.29, 0.717) is 53.9 Å². The molecule has 0 heterocycles. The summed E-state index contributed by atoms with van der Waals surface area (Å²) in [6.07, 6.45) is 8.65. The number of nitrogens with two attached hydrogens (primary N) is 1. The van der Waals surface area contributed by atoms with E-state index in [4.69, 9.17) is 15.3 Å². The maximum absolute atomic E-state index is 12.7. The van der Waals surface area contributed by atoms with E-state index in [1.165, 1.54) is 25.0 Å². The van der Waals surface area contributed by atoms with Crippen LogP contribution in [0.5, 0.6) is 0 Å². The molecule has 0 aromatic heterocycles. The van der Waals surface area contributed by atoms with Gasteiger partial charge in [-0.3, -0.25) is 4.79 Å². The lowest BCUT2D eigenvalue weighted by molar-refractivity contribution is -0.149. The first-order chi connectivity index (χ1) is 13.4. The Balaban J connectivity index is 1.60. The molecule has 2 unspecified atom stereocenters. The number of hydrogen-bond donors (Lipinski definition) is 1. The van der Waals surface area contributed by atoms with Crippen molar-refractivity contribution in [3.05, 3.63) is 0 Å². The summed E-state index contributed by atoms with van der Waals surface area (Å²) in [6.45, 7) is 6.63. The highest BCUT2D eigenvalue weighted by molar-refractivity contribution is 5.87. The Labute approximate surface area is 169 Å². The van der Waals surface area contributed by atoms with E-state index in [2.05, 4.69) is 19.0 Å². The van der Waals surface area contributed by atoms with Crippen molar-refractivity contribution in [2.45, 2.75) is 65.2 Å². The number of ketones is 1. The molecule has 0 saturated heterocycles. The number of nitrogens with zero attached hydrogens (tertiary/aromatic N) is 1. The van der Waals surface area contributed by atoms with Gasteiger partial charge < -0.3 is 15.3 Å². The van der Waals surface area contributed by atoms with E-state index in [1.54, 1.807) is 0 Å². The van der Waals surface area contributed by atoms with Crippen molar-refractivity contribution >= 4 is 11.5 Å². The summed E-state index contributed by atoms with van der Waals surface area (Å²) in [5, 5.41) is 4.41. The largest absolute Gasteiger partial charge is 0.395 e. The molecule has 4 rings (SSSR count). The third-order valence-corrected chi connectivity index (χ3v) is 9.17. The molecule has 5 nitrogen and oxygen atoms in total. The van der Waals surface area contributed by atoms with Crippen molar-refractivity contribution < 1.29 is 14.4 Å². The summed E-state index contributed by atoms with van der Waals surface area (Å²) >= 11 is 0. The number of ether oxygens (including phenoxy) is 1. The van der Waals surface area contributed by atoms with Gasteiger partial charge in [-0.05, 0) is 80.0 Å². The summed E-state index contributed by atoms with van der Waals surface area (Å²) < 4.78 is 5.70. The molecule has 0 amide bonds. The Morgan fingerprint density at radius 3 is 2.75 bits per heavy atom. The van der Waals surface area contributed by atoms with Crippen molar-refractivity contribution in [3.8, 4) is 0 Å². The summed E-state index contributed by atoms with van der Waals surface area (Å²) in [5.74, 6) is 3.63. The van der Waals surface area contributed by atoms with Gasteiger partial charge in [-0.1, -0.05) is 19.0 Å².